The van der Waals surface area contributed by atoms with Crippen molar-refractivity contribution in [1.82, 2.24) is 0 Å². The van der Waals surface area contributed by atoms with Crippen LogP contribution < -0.4 is 5.48 Å². The third-order valence-corrected chi connectivity index (χ3v) is 1.19. The molecule has 12 heavy (non-hydrogen) atoms. The monoisotopic (exact) mass is 169 g/mol. The smallest absolute Gasteiger partial charge is 0.148 e. The van der Waals surface area contributed by atoms with Crippen LogP contribution in [-0.4, -0.2) is 12.9 Å². The van der Waals surface area contributed by atoms with Crippen molar-refractivity contribution in [3.8, 4) is 0 Å². The number of benzene rings is 1. The van der Waals surface area contributed by atoms with Gasteiger partial charge in [0.1, 0.15) is 18.7 Å². The standard InChI is InChI=1S/C8H8FNO2/c9-7-1-3-8(4-2-7)10-12-6-5-11/h1-5,10H,6H2. The number of halogens is 1. The zero-order chi connectivity index (χ0) is 8.81. The molecular formula is C8H8FNO2. The molecule has 0 aromatic heterocycles. The summed E-state index contributed by atoms with van der Waals surface area (Å²) in [5.74, 6) is -0.309. The molecule has 0 bridgehead atoms. The fourth-order valence-corrected chi connectivity index (χ4v) is 0.677. The van der Waals surface area contributed by atoms with Crippen molar-refractivity contribution in [2.24, 2.45) is 0 Å². The van der Waals surface area contributed by atoms with Gasteiger partial charge in [0.15, 0.2) is 0 Å². The first kappa shape index (κ1) is 8.67. The molecule has 0 amide bonds. The first-order valence-corrected chi connectivity index (χ1v) is 3.40. The molecule has 64 valence electrons. The van der Waals surface area contributed by atoms with Gasteiger partial charge in [-0.2, -0.15) is 0 Å². The summed E-state index contributed by atoms with van der Waals surface area (Å²) in [5, 5.41) is 0. The minimum Gasteiger partial charge on any atom is -0.301 e. The van der Waals surface area contributed by atoms with Gasteiger partial charge in [-0.15, -0.1) is 0 Å². The molecule has 1 rings (SSSR count). The van der Waals surface area contributed by atoms with Crippen LogP contribution in [0.25, 0.3) is 0 Å². The maximum atomic E-state index is 12.4. The van der Waals surface area contributed by atoms with Crippen molar-refractivity contribution < 1.29 is 14.0 Å². The molecule has 3 nitrogen and oxygen atoms in total. The fraction of sp³-hybridized carbons (Fsp3) is 0.125. The lowest BCUT2D eigenvalue weighted by molar-refractivity contribution is -0.111. The van der Waals surface area contributed by atoms with Crippen molar-refractivity contribution in [2.75, 3.05) is 12.1 Å². The van der Waals surface area contributed by atoms with E-state index in [1.54, 1.807) is 0 Å². The minimum atomic E-state index is -0.309. The number of rotatable bonds is 4. The van der Waals surface area contributed by atoms with Gasteiger partial charge >= 0.3 is 0 Å². The summed E-state index contributed by atoms with van der Waals surface area (Å²) in [4.78, 5) is 14.5. The Morgan fingerprint density at radius 2 is 2.08 bits per heavy atom. The van der Waals surface area contributed by atoms with Crippen LogP contribution >= 0.6 is 0 Å². The molecule has 1 aromatic carbocycles. The van der Waals surface area contributed by atoms with Gasteiger partial charge in [-0.25, -0.2) is 4.39 Å². The van der Waals surface area contributed by atoms with E-state index in [1.165, 1.54) is 24.3 Å². The average Bonchev–Trinajstić information content (AvgIpc) is 2.09. The summed E-state index contributed by atoms with van der Waals surface area (Å²) in [5.41, 5.74) is 3.08. The first-order chi connectivity index (χ1) is 5.83. The van der Waals surface area contributed by atoms with Crippen molar-refractivity contribution >= 4 is 12.0 Å². The fourth-order valence-electron chi connectivity index (χ4n) is 0.677. The van der Waals surface area contributed by atoms with Gasteiger partial charge < -0.3 is 4.79 Å². The highest BCUT2D eigenvalue weighted by molar-refractivity contribution is 5.51. The van der Waals surface area contributed by atoms with Crippen LogP contribution in [0.5, 0.6) is 0 Å². The van der Waals surface area contributed by atoms with E-state index in [1.807, 2.05) is 0 Å². The van der Waals surface area contributed by atoms with Crippen molar-refractivity contribution in [1.29, 1.82) is 0 Å². The second kappa shape index (κ2) is 4.46. The molecule has 0 saturated heterocycles. The number of hydrogen-bond donors (Lipinski definition) is 1. The third-order valence-electron chi connectivity index (χ3n) is 1.19. The highest BCUT2D eigenvalue weighted by atomic mass is 19.1. The Labute approximate surface area is 69.1 Å². The zero-order valence-electron chi connectivity index (χ0n) is 6.29. The predicted molar refractivity (Wildman–Crippen MR) is 42.0 cm³/mol. The van der Waals surface area contributed by atoms with Gasteiger partial charge in [0.05, 0.1) is 5.69 Å². The molecule has 0 unspecified atom stereocenters. The molecular weight excluding hydrogens is 161 g/mol. The number of nitrogens with one attached hydrogen (secondary N) is 1. The molecule has 0 aliphatic heterocycles. The predicted octanol–water partition coefficient (Wildman–Crippen LogP) is 1.37. The van der Waals surface area contributed by atoms with E-state index in [2.05, 4.69) is 10.3 Å². The Kier molecular flexibility index (Phi) is 3.22. The number of anilines is 1. The quantitative estimate of drug-likeness (QED) is 0.420. The van der Waals surface area contributed by atoms with E-state index in [0.29, 0.717) is 12.0 Å². The SMILES string of the molecule is O=CCONc1ccc(F)cc1. The van der Waals surface area contributed by atoms with Gasteiger partial charge in [-0.3, -0.25) is 10.3 Å². The summed E-state index contributed by atoms with van der Waals surface area (Å²) in [6, 6.07) is 5.62. The van der Waals surface area contributed by atoms with E-state index in [-0.39, 0.29) is 12.4 Å². The molecule has 0 fully saturated rings. The molecule has 0 atom stereocenters. The van der Waals surface area contributed by atoms with E-state index in [4.69, 9.17) is 0 Å². The first-order valence-electron chi connectivity index (χ1n) is 3.40. The van der Waals surface area contributed by atoms with Crippen LogP contribution in [0.4, 0.5) is 10.1 Å². The van der Waals surface area contributed by atoms with Gasteiger partial charge in [0.2, 0.25) is 0 Å². The summed E-state index contributed by atoms with van der Waals surface area (Å²) in [7, 11) is 0. The maximum Gasteiger partial charge on any atom is 0.148 e. The largest absolute Gasteiger partial charge is 0.301 e. The van der Waals surface area contributed by atoms with Crippen molar-refractivity contribution in [3.63, 3.8) is 0 Å². The molecule has 0 heterocycles. The molecule has 0 saturated carbocycles. The van der Waals surface area contributed by atoms with Gasteiger partial charge in [-0.1, -0.05) is 0 Å². The Hall–Kier alpha value is -1.42. The molecule has 4 heteroatoms. The highest BCUT2D eigenvalue weighted by Gasteiger charge is 1.91. The molecule has 1 aromatic rings. The second-order valence-corrected chi connectivity index (χ2v) is 2.09. The Bertz CT molecular complexity index is 248. The van der Waals surface area contributed by atoms with E-state index < -0.39 is 0 Å². The summed E-state index contributed by atoms with van der Waals surface area (Å²) in [6.45, 7) is -0.0304. The van der Waals surface area contributed by atoms with Crippen LogP contribution in [0.3, 0.4) is 0 Å². The van der Waals surface area contributed by atoms with Gasteiger partial charge in [0, 0.05) is 0 Å². The topological polar surface area (TPSA) is 38.3 Å². The van der Waals surface area contributed by atoms with Crippen LogP contribution in [0.1, 0.15) is 0 Å². The van der Waals surface area contributed by atoms with E-state index in [9.17, 15) is 9.18 Å². The molecule has 0 spiro atoms. The lowest BCUT2D eigenvalue weighted by Gasteiger charge is -2.02. The van der Waals surface area contributed by atoms with Crippen LogP contribution in [-0.2, 0) is 9.63 Å². The molecule has 1 N–H and O–H groups in total. The van der Waals surface area contributed by atoms with Crippen LogP contribution in [0.2, 0.25) is 0 Å². The zero-order valence-corrected chi connectivity index (χ0v) is 6.29. The van der Waals surface area contributed by atoms with Crippen LogP contribution in [0.15, 0.2) is 24.3 Å². The molecule has 0 aliphatic carbocycles. The van der Waals surface area contributed by atoms with Crippen molar-refractivity contribution in [3.05, 3.63) is 30.1 Å². The third kappa shape index (κ3) is 2.67. The molecule has 0 radical (unpaired) electrons. The lowest BCUT2D eigenvalue weighted by atomic mass is 10.3. The lowest BCUT2D eigenvalue weighted by Crippen LogP contribution is -2.03. The average molecular weight is 169 g/mol. The summed E-state index contributed by atoms with van der Waals surface area (Å²) < 4.78 is 12.4. The Balaban J connectivity index is 2.42. The maximum absolute atomic E-state index is 12.4. The summed E-state index contributed by atoms with van der Waals surface area (Å²) in [6.07, 6.45) is 0.622. The van der Waals surface area contributed by atoms with Gasteiger partial charge in [0.25, 0.3) is 0 Å². The number of hydrogen-bond acceptors (Lipinski definition) is 3. The van der Waals surface area contributed by atoms with Crippen LogP contribution in [0, 0.1) is 5.82 Å². The normalized spacial score (nSPS) is 9.42. The van der Waals surface area contributed by atoms with Gasteiger partial charge in [-0.05, 0) is 24.3 Å². The van der Waals surface area contributed by atoms with E-state index >= 15 is 0 Å². The number of carbonyl (C=O) groups excluding carboxylic acids is 1. The summed E-state index contributed by atoms with van der Waals surface area (Å²) >= 11 is 0. The van der Waals surface area contributed by atoms with E-state index in [0.717, 1.165) is 0 Å². The Morgan fingerprint density at radius 3 is 2.67 bits per heavy atom. The van der Waals surface area contributed by atoms with Crippen molar-refractivity contribution in [2.45, 2.75) is 0 Å². The second-order valence-electron chi connectivity index (χ2n) is 2.09. The highest BCUT2D eigenvalue weighted by Crippen LogP contribution is 2.07. The minimum absolute atomic E-state index is 0.0304. The molecule has 0 aliphatic rings. The number of carbonyl (C=O) groups is 1. The Morgan fingerprint density at radius 1 is 1.42 bits per heavy atom. The number of aldehydes is 1.